The zero-order chi connectivity index (χ0) is 21.2. The minimum absolute atomic E-state index is 0.0626. The van der Waals surface area contributed by atoms with Crippen molar-refractivity contribution in [1.82, 2.24) is 15.1 Å². The summed E-state index contributed by atoms with van der Waals surface area (Å²) in [5.41, 5.74) is 0.935. The number of cyclic esters (lactones) is 1. The van der Waals surface area contributed by atoms with E-state index in [0.29, 0.717) is 16.3 Å². The van der Waals surface area contributed by atoms with Crippen LogP contribution in [0.4, 0.5) is 18.0 Å². The van der Waals surface area contributed by atoms with Gasteiger partial charge < -0.3 is 9.47 Å². The number of amidine groups is 1. The van der Waals surface area contributed by atoms with Crippen molar-refractivity contribution in [3.05, 3.63) is 58.3 Å². The van der Waals surface area contributed by atoms with Crippen LogP contribution >= 0.6 is 11.3 Å². The van der Waals surface area contributed by atoms with Crippen LogP contribution in [0.25, 0.3) is 5.70 Å². The van der Waals surface area contributed by atoms with Gasteiger partial charge in [0, 0.05) is 5.56 Å². The Kier molecular flexibility index (Phi) is 5.69. The number of aliphatic imine (C=N–C) groups is 1. The van der Waals surface area contributed by atoms with Crippen LogP contribution in [0.3, 0.4) is 0 Å². The Morgan fingerprint density at radius 3 is 2.59 bits per heavy atom. The van der Waals surface area contributed by atoms with E-state index in [0.717, 1.165) is 5.01 Å². The number of aryl methyl sites for hydroxylation is 1. The fraction of sp³-hybridized carbons (Fsp3) is 0.222. The number of allylic oxidation sites excluding steroid dienone is 1. The minimum Gasteiger partial charge on any atom is -0.407 e. The molecule has 3 rings (SSSR count). The average molecular weight is 424 g/mol. The second kappa shape index (κ2) is 8.03. The summed E-state index contributed by atoms with van der Waals surface area (Å²) in [6, 6.07) is 5.22. The molecule has 1 fully saturated rings. The average Bonchev–Trinajstić information content (AvgIpc) is 3.16. The molecule has 0 bridgehead atoms. The van der Waals surface area contributed by atoms with Crippen LogP contribution in [0, 0.1) is 6.92 Å². The number of carbonyl (C=O) groups is 1. The van der Waals surface area contributed by atoms with E-state index in [9.17, 15) is 18.0 Å². The van der Waals surface area contributed by atoms with E-state index < -0.39 is 12.5 Å². The molecule has 0 unspecified atom stereocenters. The molecular formula is C18H15F3N4O3S. The van der Waals surface area contributed by atoms with E-state index >= 15 is 0 Å². The summed E-state index contributed by atoms with van der Waals surface area (Å²) in [5, 5.41) is 9.24. The van der Waals surface area contributed by atoms with Crippen LogP contribution in [-0.4, -0.2) is 33.4 Å². The molecule has 1 aromatic carbocycles. The van der Waals surface area contributed by atoms with Crippen LogP contribution in [0.15, 0.2) is 47.7 Å². The highest BCUT2D eigenvalue weighted by Crippen LogP contribution is 2.27. The number of carbonyl (C=O) groups excluding carboxylic acids is 1. The standard InChI is InChI=1S/C18H15F3N4O3S/c1-4-14(12-5-7-13(8-6-12)28-18(19,20)21)22-16-10(2)27-17(26)25(16)9-15-24-23-11(3)29-15/h4-8H,2,9H2,1,3H3/b14-4-,22-16+. The molecule has 1 saturated heterocycles. The molecule has 152 valence electrons. The number of nitrogens with zero attached hydrogens (tertiary/aromatic N) is 4. The maximum absolute atomic E-state index is 12.3. The molecule has 0 atom stereocenters. The highest BCUT2D eigenvalue weighted by Gasteiger charge is 2.34. The van der Waals surface area contributed by atoms with Gasteiger partial charge in [-0.05, 0) is 38.1 Å². The van der Waals surface area contributed by atoms with Crippen molar-refractivity contribution in [3.63, 3.8) is 0 Å². The summed E-state index contributed by atoms with van der Waals surface area (Å²) in [4.78, 5) is 17.9. The number of rotatable bonds is 5. The smallest absolute Gasteiger partial charge is 0.407 e. The molecule has 0 radical (unpaired) electrons. The van der Waals surface area contributed by atoms with Crippen molar-refractivity contribution < 1.29 is 27.4 Å². The van der Waals surface area contributed by atoms with Gasteiger partial charge in [0.2, 0.25) is 0 Å². The second-order valence-corrected chi connectivity index (χ2v) is 7.04. The first kappa shape index (κ1) is 20.5. The summed E-state index contributed by atoms with van der Waals surface area (Å²) in [6.45, 7) is 7.31. The molecular weight excluding hydrogens is 409 g/mol. The fourth-order valence-electron chi connectivity index (χ4n) is 2.48. The van der Waals surface area contributed by atoms with Gasteiger partial charge in [0.25, 0.3) is 0 Å². The molecule has 1 aliphatic heterocycles. The SMILES string of the molecule is C=C1OC(=O)N(Cc2nnc(C)s2)/C1=N/C(=C\C)c1ccc(OC(F)(F)F)cc1. The van der Waals surface area contributed by atoms with Gasteiger partial charge >= 0.3 is 12.5 Å². The monoisotopic (exact) mass is 424 g/mol. The first-order valence-electron chi connectivity index (χ1n) is 8.25. The van der Waals surface area contributed by atoms with Gasteiger partial charge in [0.15, 0.2) is 11.6 Å². The number of hydrogen-bond acceptors (Lipinski definition) is 7. The van der Waals surface area contributed by atoms with Gasteiger partial charge in [-0.3, -0.25) is 4.90 Å². The van der Waals surface area contributed by atoms with Gasteiger partial charge in [-0.1, -0.05) is 24.0 Å². The molecule has 2 heterocycles. The van der Waals surface area contributed by atoms with Crippen molar-refractivity contribution in [2.75, 3.05) is 0 Å². The topological polar surface area (TPSA) is 76.9 Å². The molecule has 0 N–H and O–H groups in total. The van der Waals surface area contributed by atoms with Crippen molar-refractivity contribution in [1.29, 1.82) is 0 Å². The third-order valence-corrected chi connectivity index (χ3v) is 4.50. The Morgan fingerprint density at radius 1 is 1.34 bits per heavy atom. The van der Waals surface area contributed by atoms with Crippen LogP contribution in [-0.2, 0) is 11.3 Å². The lowest BCUT2D eigenvalue weighted by Gasteiger charge is -2.13. The first-order valence-corrected chi connectivity index (χ1v) is 9.06. The molecule has 29 heavy (non-hydrogen) atoms. The van der Waals surface area contributed by atoms with Gasteiger partial charge in [0.1, 0.15) is 15.8 Å². The normalized spacial score (nSPS) is 16.5. The van der Waals surface area contributed by atoms with Crippen molar-refractivity contribution in [2.24, 2.45) is 4.99 Å². The molecule has 1 aliphatic rings. The van der Waals surface area contributed by atoms with E-state index in [2.05, 4.69) is 26.5 Å². The van der Waals surface area contributed by atoms with Gasteiger partial charge in [0.05, 0.1) is 12.2 Å². The summed E-state index contributed by atoms with van der Waals surface area (Å²) >= 11 is 1.33. The summed E-state index contributed by atoms with van der Waals surface area (Å²) < 4.78 is 45.9. The van der Waals surface area contributed by atoms with Gasteiger partial charge in [-0.15, -0.1) is 23.4 Å². The summed E-state index contributed by atoms with van der Waals surface area (Å²) in [6.07, 6.45) is -3.77. The third kappa shape index (κ3) is 4.99. The largest absolute Gasteiger partial charge is 0.573 e. The van der Waals surface area contributed by atoms with Gasteiger partial charge in [-0.25, -0.2) is 9.79 Å². The zero-order valence-electron chi connectivity index (χ0n) is 15.4. The van der Waals surface area contributed by atoms with Crippen LogP contribution in [0.2, 0.25) is 0 Å². The number of ether oxygens (including phenoxy) is 2. The number of benzene rings is 1. The number of amides is 1. The molecule has 0 aliphatic carbocycles. The molecule has 11 heteroatoms. The first-order chi connectivity index (χ1) is 13.7. The molecule has 0 saturated carbocycles. The fourth-order valence-corrected chi connectivity index (χ4v) is 3.18. The lowest BCUT2D eigenvalue weighted by atomic mass is 10.1. The molecule has 1 amide bonds. The number of aromatic nitrogens is 2. The molecule has 1 aromatic heterocycles. The highest BCUT2D eigenvalue weighted by atomic mass is 32.1. The van der Waals surface area contributed by atoms with Crippen molar-refractivity contribution in [3.8, 4) is 5.75 Å². The van der Waals surface area contributed by atoms with Crippen molar-refractivity contribution >= 4 is 29.0 Å². The summed E-state index contributed by atoms with van der Waals surface area (Å²) in [7, 11) is 0. The maximum atomic E-state index is 12.3. The third-order valence-electron chi connectivity index (χ3n) is 3.68. The second-order valence-electron chi connectivity index (χ2n) is 5.77. The predicted octanol–water partition coefficient (Wildman–Crippen LogP) is 4.67. The van der Waals surface area contributed by atoms with E-state index in [4.69, 9.17) is 4.74 Å². The van der Waals surface area contributed by atoms with Crippen LogP contribution < -0.4 is 4.74 Å². The van der Waals surface area contributed by atoms with Crippen molar-refractivity contribution in [2.45, 2.75) is 26.8 Å². The van der Waals surface area contributed by atoms with E-state index in [1.165, 1.54) is 40.5 Å². The Morgan fingerprint density at radius 2 is 2.03 bits per heavy atom. The highest BCUT2D eigenvalue weighted by molar-refractivity contribution is 7.11. The number of halogens is 3. The van der Waals surface area contributed by atoms with Gasteiger partial charge in [-0.2, -0.15) is 0 Å². The van der Waals surface area contributed by atoms with E-state index in [1.807, 2.05) is 0 Å². The predicted molar refractivity (Wildman–Crippen MR) is 100 cm³/mol. The maximum Gasteiger partial charge on any atom is 0.573 e. The molecule has 0 spiro atoms. The quantitative estimate of drug-likeness (QED) is 0.697. The minimum atomic E-state index is -4.77. The Labute approximate surface area is 167 Å². The Bertz CT molecular complexity index is 997. The number of hydrogen-bond donors (Lipinski definition) is 0. The molecule has 7 nitrogen and oxygen atoms in total. The lowest BCUT2D eigenvalue weighted by molar-refractivity contribution is -0.274. The molecule has 2 aromatic rings. The van der Waals surface area contributed by atoms with Crippen LogP contribution in [0.5, 0.6) is 5.75 Å². The van der Waals surface area contributed by atoms with E-state index in [1.54, 1.807) is 19.9 Å². The Balaban J connectivity index is 1.86. The lowest BCUT2D eigenvalue weighted by Crippen LogP contribution is -2.28. The zero-order valence-corrected chi connectivity index (χ0v) is 16.2. The van der Waals surface area contributed by atoms with E-state index in [-0.39, 0.29) is 23.9 Å². The van der Waals surface area contributed by atoms with Crippen LogP contribution in [0.1, 0.15) is 22.5 Å². The Hall–Kier alpha value is -3.21. The summed E-state index contributed by atoms with van der Waals surface area (Å²) in [5.74, 6) is -0.0967. The number of alkyl halides is 3.